The van der Waals surface area contributed by atoms with Crippen LogP contribution in [0.1, 0.15) is 36.0 Å². The van der Waals surface area contributed by atoms with Gasteiger partial charge in [-0.2, -0.15) is 11.3 Å². The Kier molecular flexibility index (Phi) is 3.89. The second-order valence-electron chi connectivity index (χ2n) is 5.10. The van der Waals surface area contributed by atoms with E-state index in [-0.39, 0.29) is 0 Å². The molecule has 0 bridgehead atoms. The van der Waals surface area contributed by atoms with Crippen LogP contribution in [0.15, 0.2) is 23.0 Å². The van der Waals surface area contributed by atoms with E-state index in [9.17, 15) is 0 Å². The maximum absolute atomic E-state index is 4.73. The lowest BCUT2D eigenvalue weighted by atomic mass is 10.1. The van der Waals surface area contributed by atoms with Crippen LogP contribution in [-0.2, 0) is 25.9 Å². The van der Waals surface area contributed by atoms with E-state index in [0.29, 0.717) is 0 Å². The molecule has 0 unspecified atom stereocenters. The molecule has 0 fully saturated rings. The highest BCUT2D eigenvalue weighted by Crippen LogP contribution is 2.19. The zero-order chi connectivity index (χ0) is 13.1. The molecule has 2 aromatic heterocycles. The van der Waals surface area contributed by atoms with Crippen molar-refractivity contribution in [2.24, 2.45) is 0 Å². The summed E-state index contributed by atoms with van der Waals surface area (Å²) in [5.74, 6) is 0.999. The fraction of sp³-hybridized carbons (Fsp3) is 0.467. The van der Waals surface area contributed by atoms with Crippen molar-refractivity contribution >= 4 is 11.3 Å². The molecule has 0 amide bonds. The summed E-state index contributed by atoms with van der Waals surface area (Å²) in [6, 6.07) is 2.21. The SMILES string of the molecule is CCCc1ncc2c(n1)CN(Cc1ccsc1)CC2. The highest BCUT2D eigenvalue weighted by atomic mass is 32.1. The fourth-order valence-corrected chi connectivity index (χ4v) is 3.18. The Balaban J connectivity index is 1.72. The highest BCUT2D eigenvalue weighted by Gasteiger charge is 2.18. The molecule has 0 aliphatic carbocycles. The van der Waals surface area contributed by atoms with Gasteiger partial charge in [0.15, 0.2) is 0 Å². The van der Waals surface area contributed by atoms with Crippen molar-refractivity contribution in [3.8, 4) is 0 Å². The topological polar surface area (TPSA) is 29.0 Å². The van der Waals surface area contributed by atoms with Crippen LogP contribution in [0.4, 0.5) is 0 Å². The van der Waals surface area contributed by atoms with Gasteiger partial charge in [-0.1, -0.05) is 6.92 Å². The van der Waals surface area contributed by atoms with Gasteiger partial charge in [0.25, 0.3) is 0 Å². The van der Waals surface area contributed by atoms with Crippen LogP contribution in [0.5, 0.6) is 0 Å². The third-order valence-electron chi connectivity index (χ3n) is 3.53. The standard InChI is InChI=1S/C15H19N3S/c1-2-3-15-16-8-13-4-6-18(10-14(13)17-15)9-12-5-7-19-11-12/h5,7-8,11H,2-4,6,9-10H2,1H3. The number of nitrogens with zero attached hydrogens (tertiary/aromatic N) is 3. The minimum Gasteiger partial charge on any atom is -0.293 e. The minimum absolute atomic E-state index is 0.963. The molecular formula is C15H19N3S. The molecule has 0 radical (unpaired) electrons. The quantitative estimate of drug-likeness (QED) is 0.857. The summed E-state index contributed by atoms with van der Waals surface area (Å²) in [6.45, 7) is 5.28. The van der Waals surface area contributed by atoms with E-state index >= 15 is 0 Å². The molecule has 0 spiro atoms. The Hall–Kier alpha value is -1.26. The number of rotatable bonds is 4. The van der Waals surface area contributed by atoms with Gasteiger partial charge >= 0.3 is 0 Å². The van der Waals surface area contributed by atoms with Crippen LogP contribution in [0, 0.1) is 0 Å². The van der Waals surface area contributed by atoms with E-state index in [2.05, 4.69) is 33.6 Å². The van der Waals surface area contributed by atoms with Gasteiger partial charge < -0.3 is 0 Å². The van der Waals surface area contributed by atoms with Crippen molar-refractivity contribution in [1.29, 1.82) is 0 Å². The maximum Gasteiger partial charge on any atom is 0.128 e. The molecule has 3 heterocycles. The van der Waals surface area contributed by atoms with Gasteiger partial charge in [-0.05, 0) is 40.8 Å². The molecule has 100 valence electrons. The third kappa shape index (κ3) is 3.01. The van der Waals surface area contributed by atoms with Crippen LogP contribution in [-0.4, -0.2) is 21.4 Å². The summed E-state index contributed by atoms with van der Waals surface area (Å²) < 4.78 is 0. The molecule has 1 aliphatic rings. The zero-order valence-electron chi connectivity index (χ0n) is 11.3. The number of thiophene rings is 1. The second kappa shape index (κ2) is 5.80. The van der Waals surface area contributed by atoms with Crippen molar-refractivity contribution in [3.05, 3.63) is 45.7 Å². The summed E-state index contributed by atoms with van der Waals surface area (Å²) in [5.41, 5.74) is 3.98. The van der Waals surface area contributed by atoms with Crippen LogP contribution in [0.25, 0.3) is 0 Å². The Labute approximate surface area is 118 Å². The average Bonchev–Trinajstić information content (AvgIpc) is 2.92. The van der Waals surface area contributed by atoms with Gasteiger partial charge in [0.05, 0.1) is 5.69 Å². The summed E-state index contributed by atoms with van der Waals surface area (Å²) in [7, 11) is 0. The highest BCUT2D eigenvalue weighted by molar-refractivity contribution is 7.07. The lowest BCUT2D eigenvalue weighted by Crippen LogP contribution is -2.31. The van der Waals surface area contributed by atoms with Gasteiger partial charge in [-0.25, -0.2) is 9.97 Å². The predicted molar refractivity (Wildman–Crippen MR) is 78.2 cm³/mol. The largest absolute Gasteiger partial charge is 0.293 e. The number of hydrogen-bond acceptors (Lipinski definition) is 4. The molecule has 0 saturated heterocycles. The molecule has 19 heavy (non-hydrogen) atoms. The molecular weight excluding hydrogens is 254 g/mol. The third-order valence-corrected chi connectivity index (χ3v) is 4.27. The summed E-state index contributed by atoms with van der Waals surface area (Å²) >= 11 is 1.77. The molecule has 3 nitrogen and oxygen atoms in total. The Morgan fingerprint density at radius 3 is 3.16 bits per heavy atom. The van der Waals surface area contributed by atoms with Gasteiger partial charge in [0.1, 0.15) is 5.82 Å². The lowest BCUT2D eigenvalue weighted by Gasteiger charge is -2.27. The first-order valence-corrected chi connectivity index (χ1v) is 7.86. The van der Waals surface area contributed by atoms with Crippen LogP contribution < -0.4 is 0 Å². The first-order chi connectivity index (χ1) is 9.35. The average molecular weight is 273 g/mol. The van der Waals surface area contributed by atoms with E-state index < -0.39 is 0 Å². The first-order valence-electron chi connectivity index (χ1n) is 6.92. The molecule has 2 aromatic rings. The van der Waals surface area contributed by atoms with Crippen molar-refractivity contribution in [3.63, 3.8) is 0 Å². The van der Waals surface area contributed by atoms with Crippen molar-refractivity contribution in [2.45, 2.75) is 39.3 Å². The van der Waals surface area contributed by atoms with Gasteiger partial charge in [0, 0.05) is 32.3 Å². The van der Waals surface area contributed by atoms with E-state index in [1.807, 2.05) is 6.20 Å². The van der Waals surface area contributed by atoms with Crippen LogP contribution in [0.2, 0.25) is 0 Å². The number of aromatic nitrogens is 2. The normalized spacial score (nSPS) is 15.4. The Bertz CT molecular complexity index is 536. The number of fused-ring (bicyclic) bond motifs is 1. The Morgan fingerprint density at radius 1 is 1.42 bits per heavy atom. The number of hydrogen-bond donors (Lipinski definition) is 0. The smallest absolute Gasteiger partial charge is 0.128 e. The molecule has 3 rings (SSSR count). The Morgan fingerprint density at radius 2 is 2.37 bits per heavy atom. The molecule has 0 saturated carbocycles. The van der Waals surface area contributed by atoms with E-state index in [1.54, 1.807) is 11.3 Å². The van der Waals surface area contributed by atoms with Crippen molar-refractivity contribution in [2.75, 3.05) is 6.54 Å². The summed E-state index contributed by atoms with van der Waals surface area (Å²) in [5, 5.41) is 4.38. The van der Waals surface area contributed by atoms with E-state index in [1.165, 1.54) is 16.8 Å². The maximum atomic E-state index is 4.73. The van der Waals surface area contributed by atoms with Gasteiger partial charge in [-0.3, -0.25) is 4.90 Å². The second-order valence-corrected chi connectivity index (χ2v) is 5.88. The fourth-order valence-electron chi connectivity index (χ4n) is 2.52. The molecule has 4 heteroatoms. The van der Waals surface area contributed by atoms with Crippen LogP contribution >= 0.6 is 11.3 Å². The van der Waals surface area contributed by atoms with Crippen molar-refractivity contribution < 1.29 is 0 Å². The zero-order valence-corrected chi connectivity index (χ0v) is 12.1. The summed E-state index contributed by atoms with van der Waals surface area (Å²) in [4.78, 5) is 11.7. The summed E-state index contributed by atoms with van der Waals surface area (Å²) in [6.07, 6.45) is 5.20. The first kappa shape index (κ1) is 12.8. The minimum atomic E-state index is 0.963. The lowest BCUT2D eigenvalue weighted by molar-refractivity contribution is 0.241. The van der Waals surface area contributed by atoms with Crippen LogP contribution in [0.3, 0.4) is 0 Å². The molecule has 0 N–H and O–H groups in total. The van der Waals surface area contributed by atoms with E-state index in [4.69, 9.17) is 4.98 Å². The molecule has 0 atom stereocenters. The molecule has 1 aliphatic heterocycles. The van der Waals surface area contributed by atoms with Gasteiger partial charge in [0.2, 0.25) is 0 Å². The molecule has 0 aromatic carbocycles. The monoisotopic (exact) mass is 273 g/mol. The predicted octanol–water partition coefficient (Wildman–Crippen LogP) is 3.05. The number of aryl methyl sites for hydroxylation is 1. The van der Waals surface area contributed by atoms with Gasteiger partial charge in [-0.15, -0.1) is 0 Å². The van der Waals surface area contributed by atoms with E-state index in [0.717, 1.165) is 44.7 Å². The van der Waals surface area contributed by atoms with Crippen molar-refractivity contribution in [1.82, 2.24) is 14.9 Å².